The largest absolute Gasteiger partial charge is 0.494 e. The number of nitrogens with one attached hydrogen (secondary N) is 1. The van der Waals surface area contributed by atoms with E-state index in [2.05, 4.69) is 15.3 Å². The quantitative estimate of drug-likeness (QED) is 0.572. The van der Waals surface area contributed by atoms with E-state index < -0.39 is 0 Å². The second-order valence-corrected chi connectivity index (χ2v) is 5.16. The second-order valence-electron chi connectivity index (χ2n) is 4.78. The summed E-state index contributed by atoms with van der Waals surface area (Å²) in [5.74, 6) is 1.48. The zero-order valence-corrected chi connectivity index (χ0v) is 13.5. The van der Waals surface area contributed by atoms with Crippen LogP contribution in [0.1, 0.15) is 12.5 Å². The van der Waals surface area contributed by atoms with Crippen LogP contribution in [0.4, 0.5) is 0 Å². The molecule has 1 N–H and O–H groups in total. The first-order chi connectivity index (χ1) is 11.3. The molecule has 0 atom stereocenters. The molecule has 0 fully saturated rings. The highest BCUT2D eigenvalue weighted by atomic mass is 32.1. The summed E-state index contributed by atoms with van der Waals surface area (Å²) in [6.07, 6.45) is 1.75. The van der Waals surface area contributed by atoms with Gasteiger partial charge in [-0.25, -0.2) is 5.10 Å². The van der Waals surface area contributed by atoms with Crippen LogP contribution in [0.25, 0.3) is 11.4 Å². The van der Waals surface area contributed by atoms with E-state index in [1.165, 1.54) is 0 Å². The van der Waals surface area contributed by atoms with Gasteiger partial charge in [0, 0.05) is 5.56 Å². The Bertz CT molecular complexity index is 850. The lowest BCUT2D eigenvalue weighted by Gasteiger charge is -2.04. The van der Waals surface area contributed by atoms with E-state index in [1.54, 1.807) is 10.9 Å². The van der Waals surface area contributed by atoms with E-state index in [1.807, 2.05) is 61.5 Å². The van der Waals surface area contributed by atoms with E-state index in [0.717, 1.165) is 16.9 Å². The van der Waals surface area contributed by atoms with Gasteiger partial charge in [-0.2, -0.15) is 14.9 Å². The number of hydrogen-bond acceptors (Lipinski definition) is 4. The van der Waals surface area contributed by atoms with Gasteiger partial charge in [-0.3, -0.25) is 0 Å². The molecule has 0 saturated heterocycles. The molecule has 6 heteroatoms. The molecule has 1 aromatic heterocycles. The summed E-state index contributed by atoms with van der Waals surface area (Å²) >= 11 is 5.26. The fourth-order valence-electron chi connectivity index (χ4n) is 2.12. The number of aromatic amines is 1. The number of ether oxygens (including phenoxy) is 1. The van der Waals surface area contributed by atoms with Crippen LogP contribution < -0.4 is 4.74 Å². The summed E-state index contributed by atoms with van der Waals surface area (Å²) < 4.78 is 7.51. The van der Waals surface area contributed by atoms with Gasteiger partial charge in [0.2, 0.25) is 4.77 Å². The fourth-order valence-corrected chi connectivity index (χ4v) is 2.30. The summed E-state index contributed by atoms with van der Waals surface area (Å²) in [7, 11) is 0. The van der Waals surface area contributed by atoms with E-state index >= 15 is 0 Å². The molecule has 5 nitrogen and oxygen atoms in total. The van der Waals surface area contributed by atoms with Crippen molar-refractivity contribution in [2.24, 2.45) is 5.10 Å². The summed E-state index contributed by atoms with van der Waals surface area (Å²) in [6, 6.07) is 17.5. The Morgan fingerprint density at radius 3 is 2.61 bits per heavy atom. The predicted molar refractivity (Wildman–Crippen MR) is 93.5 cm³/mol. The van der Waals surface area contributed by atoms with Crippen molar-refractivity contribution < 1.29 is 4.74 Å². The average molecular weight is 324 g/mol. The molecule has 23 heavy (non-hydrogen) atoms. The van der Waals surface area contributed by atoms with E-state index in [4.69, 9.17) is 17.0 Å². The van der Waals surface area contributed by atoms with Crippen LogP contribution in [0.5, 0.6) is 5.75 Å². The van der Waals surface area contributed by atoms with Crippen LogP contribution in [0.15, 0.2) is 59.7 Å². The minimum atomic E-state index is 0.445. The van der Waals surface area contributed by atoms with E-state index in [0.29, 0.717) is 17.2 Å². The summed E-state index contributed by atoms with van der Waals surface area (Å²) in [6.45, 7) is 2.59. The molecule has 0 bridgehead atoms. The maximum Gasteiger partial charge on any atom is 0.216 e. The highest BCUT2D eigenvalue weighted by molar-refractivity contribution is 7.71. The molecule has 0 spiro atoms. The van der Waals surface area contributed by atoms with Gasteiger partial charge in [0.1, 0.15) is 5.75 Å². The summed E-state index contributed by atoms with van der Waals surface area (Å²) in [5, 5.41) is 11.5. The first-order valence-corrected chi connectivity index (χ1v) is 7.69. The average Bonchev–Trinajstić information content (AvgIpc) is 2.96. The van der Waals surface area contributed by atoms with Gasteiger partial charge in [0.15, 0.2) is 5.82 Å². The number of H-pyrrole nitrogens is 1. The highest BCUT2D eigenvalue weighted by Crippen LogP contribution is 2.21. The third-order valence-electron chi connectivity index (χ3n) is 3.20. The zero-order chi connectivity index (χ0) is 16.1. The lowest BCUT2D eigenvalue weighted by atomic mass is 10.2. The maximum absolute atomic E-state index is 5.45. The fraction of sp³-hybridized carbons (Fsp3) is 0.118. The number of nitrogens with zero attached hydrogens (tertiary/aromatic N) is 3. The SMILES string of the molecule is CCOc1ccc(-c2n[nH]c(=S)n2/N=C\c2ccccc2)cc1. The molecular formula is C17H16N4OS. The third-order valence-corrected chi connectivity index (χ3v) is 3.46. The molecule has 3 rings (SSSR count). The molecule has 0 radical (unpaired) electrons. The zero-order valence-electron chi connectivity index (χ0n) is 12.6. The van der Waals surface area contributed by atoms with Gasteiger partial charge in [0.25, 0.3) is 0 Å². The van der Waals surface area contributed by atoms with Crippen LogP contribution in [-0.4, -0.2) is 27.7 Å². The van der Waals surface area contributed by atoms with E-state index in [9.17, 15) is 0 Å². The van der Waals surface area contributed by atoms with Crippen molar-refractivity contribution in [3.05, 3.63) is 64.9 Å². The molecule has 0 aliphatic carbocycles. The van der Waals surface area contributed by atoms with E-state index in [-0.39, 0.29) is 0 Å². The number of rotatable bonds is 5. The van der Waals surface area contributed by atoms with Gasteiger partial charge in [-0.1, -0.05) is 30.3 Å². The van der Waals surface area contributed by atoms with Crippen LogP contribution in [0.2, 0.25) is 0 Å². The molecular weight excluding hydrogens is 308 g/mol. The number of benzene rings is 2. The smallest absolute Gasteiger partial charge is 0.216 e. The first kappa shape index (κ1) is 15.2. The lowest BCUT2D eigenvalue weighted by Crippen LogP contribution is -1.95. The van der Waals surface area contributed by atoms with Gasteiger partial charge in [-0.15, -0.1) is 0 Å². The Hall–Kier alpha value is -2.73. The van der Waals surface area contributed by atoms with Crippen molar-refractivity contribution in [2.45, 2.75) is 6.92 Å². The molecule has 116 valence electrons. The van der Waals surface area contributed by atoms with Crippen molar-refractivity contribution in [2.75, 3.05) is 6.61 Å². The number of aromatic nitrogens is 3. The van der Waals surface area contributed by atoms with Crippen molar-refractivity contribution in [3.63, 3.8) is 0 Å². The van der Waals surface area contributed by atoms with Gasteiger partial charge < -0.3 is 4.74 Å². The van der Waals surface area contributed by atoms with Crippen molar-refractivity contribution in [1.82, 2.24) is 14.9 Å². The van der Waals surface area contributed by atoms with Gasteiger partial charge in [-0.05, 0) is 49.0 Å². The molecule has 0 unspecified atom stereocenters. The van der Waals surface area contributed by atoms with Crippen LogP contribution in [0, 0.1) is 4.77 Å². The molecule has 0 saturated carbocycles. The molecule has 0 aliphatic rings. The monoisotopic (exact) mass is 324 g/mol. The van der Waals surface area contributed by atoms with Crippen LogP contribution >= 0.6 is 12.2 Å². The topological polar surface area (TPSA) is 55.2 Å². The molecule has 3 aromatic rings. The lowest BCUT2D eigenvalue weighted by molar-refractivity contribution is 0.340. The Kier molecular flexibility index (Phi) is 4.63. The highest BCUT2D eigenvalue weighted by Gasteiger charge is 2.08. The molecule has 2 aromatic carbocycles. The van der Waals surface area contributed by atoms with Crippen molar-refractivity contribution >= 4 is 18.4 Å². The molecule has 0 aliphatic heterocycles. The minimum Gasteiger partial charge on any atom is -0.494 e. The van der Waals surface area contributed by atoms with Crippen molar-refractivity contribution in [1.29, 1.82) is 0 Å². The normalized spacial score (nSPS) is 11.0. The Balaban J connectivity index is 1.92. The Morgan fingerprint density at radius 2 is 1.91 bits per heavy atom. The van der Waals surface area contributed by atoms with Gasteiger partial charge >= 0.3 is 0 Å². The first-order valence-electron chi connectivity index (χ1n) is 7.28. The number of hydrogen-bond donors (Lipinski definition) is 1. The molecule has 1 heterocycles. The van der Waals surface area contributed by atoms with Crippen molar-refractivity contribution in [3.8, 4) is 17.1 Å². The van der Waals surface area contributed by atoms with Crippen LogP contribution in [-0.2, 0) is 0 Å². The second kappa shape index (κ2) is 7.02. The standard InChI is InChI=1S/C17H16N4OS/c1-2-22-15-10-8-14(9-11-15)16-19-20-17(23)21(16)18-12-13-6-4-3-5-7-13/h3-12H,2H2,1H3,(H,20,23)/b18-12-. The Morgan fingerprint density at radius 1 is 1.17 bits per heavy atom. The minimum absolute atomic E-state index is 0.445. The summed E-state index contributed by atoms with van der Waals surface area (Å²) in [4.78, 5) is 0. The predicted octanol–water partition coefficient (Wildman–Crippen LogP) is 3.89. The third kappa shape index (κ3) is 3.54. The Labute approximate surface area is 139 Å². The maximum atomic E-state index is 5.45. The van der Waals surface area contributed by atoms with Crippen LogP contribution in [0.3, 0.4) is 0 Å². The molecule has 0 amide bonds. The summed E-state index contributed by atoms with van der Waals surface area (Å²) in [5.41, 5.74) is 1.90. The van der Waals surface area contributed by atoms with Gasteiger partial charge in [0.05, 0.1) is 12.8 Å².